The maximum absolute atomic E-state index is 5.96. The first kappa shape index (κ1) is 23.0. The van der Waals surface area contributed by atoms with Gasteiger partial charge in [0.25, 0.3) is 0 Å². The van der Waals surface area contributed by atoms with E-state index in [9.17, 15) is 0 Å². The van der Waals surface area contributed by atoms with Gasteiger partial charge in [-0.05, 0) is 69.2 Å². The van der Waals surface area contributed by atoms with Crippen molar-refractivity contribution in [2.24, 2.45) is 0 Å². The largest absolute Gasteiger partial charge is 0.344 e. The molecule has 1 heterocycles. The molecule has 0 spiro atoms. The van der Waals surface area contributed by atoms with Crippen molar-refractivity contribution in [2.75, 3.05) is 0 Å². The summed E-state index contributed by atoms with van der Waals surface area (Å²) >= 11 is 0. The fourth-order valence-corrected chi connectivity index (χ4v) is 2.41. The van der Waals surface area contributed by atoms with Crippen LogP contribution in [-0.2, 0) is 18.9 Å². The summed E-state index contributed by atoms with van der Waals surface area (Å²) in [5.41, 5.74) is 2.89. The average molecular weight is 369 g/mol. The summed E-state index contributed by atoms with van der Waals surface area (Å²) in [6, 6.07) is 0. The maximum Gasteiger partial charge on any atom is 0.203 e. The smallest absolute Gasteiger partial charge is 0.203 e. The van der Waals surface area contributed by atoms with Gasteiger partial charge in [-0.2, -0.15) is 0 Å². The Bertz CT molecular complexity index is 494. The van der Waals surface area contributed by atoms with Gasteiger partial charge in [-0.3, -0.25) is 4.98 Å². The van der Waals surface area contributed by atoms with Crippen molar-refractivity contribution in [3.8, 4) is 0 Å². The Morgan fingerprint density at radius 3 is 1.00 bits per heavy atom. The lowest BCUT2D eigenvalue weighted by Gasteiger charge is -2.27. The van der Waals surface area contributed by atoms with Crippen LogP contribution in [0.25, 0.3) is 0 Å². The minimum atomic E-state index is -0.583. The molecule has 1 aromatic heterocycles. The lowest BCUT2D eigenvalue weighted by Crippen LogP contribution is -2.24. The minimum Gasteiger partial charge on any atom is -0.344 e. The topological polar surface area (TPSA) is 62.7 Å². The number of rotatable bonds is 10. The number of aryl methyl sites for hydroxylation is 2. The predicted octanol–water partition coefficient (Wildman–Crippen LogP) is 4.79. The molecule has 0 bridgehead atoms. The van der Waals surface area contributed by atoms with Crippen LogP contribution in [0.3, 0.4) is 0 Å². The fraction of sp³-hybridized carbons (Fsp3) is 0.800. The Morgan fingerprint density at radius 2 is 0.769 bits per heavy atom. The molecule has 0 N–H and O–H groups in total. The van der Waals surface area contributed by atoms with E-state index in [1.807, 2.05) is 69.2 Å². The van der Waals surface area contributed by atoms with Crippen molar-refractivity contribution in [1.29, 1.82) is 0 Å². The molecule has 0 aliphatic carbocycles. The molecule has 6 heteroatoms. The fourth-order valence-electron chi connectivity index (χ4n) is 2.41. The number of aromatic nitrogens is 2. The Morgan fingerprint density at radius 1 is 0.500 bits per heavy atom. The van der Waals surface area contributed by atoms with E-state index in [2.05, 4.69) is 4.98 Å². The maximum atomic E-state index is 5.96. The van der Waals surface area contributed by atoms with Crippen molar-refractivity contribution in [3.05, 3.63) is 22.8 Å². The molecule has 150 valence electrons. The zero-order valence-corrected chi connectivity index (χ0v) is 18.0. The third-order valence-electron chi connectivity index (χ3n) is 3.35. The van der Waals surface area contributed by atoms with Crippen molar-refractivity contribution >= 4 is 0 Å². The van der Waals surface area contributed by atoms with E-state index in [-0.39, 0.29) is 24.4 Å². The summed E-state index contributed by atoms with van der Waals surface area (Å²) in [6.45, 7) is 19.6. The molecular weight excluding hydrogens is 332 g/mol. The van der Waals surface area contributed by atoms with Gasteiger partial charge >= 0.3 is 0 Å². The first-order valence-electron chi connectivity index (χ1n) is 9.48. The van der Waals surface area contributed by atoms with Gasteiger partial charge in [-0.15, -0.1) is 0 Å². The van der Waals surface area contributed by atoms with Crippen LogP contribution >= 0.6 is 0 Å². The Hall–Kier alpha value is -1.08. The van der Waals surface area contributed by atoms with E-state index < -0.39 is 12.6 Å². The molecule has 0 fully saturated rings. The van der Waals surface area contributed by atoms with Crippen molar-refractivity contribution in [2.45, 2.75) is 106 Å². The third-order valence-corrected chi connectivity index (χ3v) is 3.35. The Balaban J connectivity index is 3.34. The zero-order valence-electron chi connectivity index (χ0n) is 18.0. The standard InChI is InChI=1S/C20H36N2O4/c1-11(2)23-19(24-12(3)4)17-15(9)21-16(10)18(22-17)20(25-13(5)6)26-14(7)8/h11-14,19-20H,1-10H3. The molecule has 1 aromatic rings. The summed E-state index contributed by atoms with van der Waals surface area (Å²) in [5.74, 6) is 0. The van der Waals surface area contributed by atoms with Gasteiger partial charge in [-0.1, -0.05) is 0 Å². The molecule has 0 atom stereocenters. The van der Waals surface area contributed by atoms with E-state index in [0.717, 1.165) is 11.4 Å². The van der Waals surface area contributed by atoms with Gasteiger partial charge in [-0.25, -0.2) is 4.98 Å². The van der Waals surface area contributed by atoms with E-state index in [1.165, 1.54) is 0 Å². The van der Waals surface area contributed by atoms with Gasteiger partial charge in [0.1, 0.15) is 11.4 Å². The van der Waals surface area contributed by atoms with Crippen molar-refractivity contribution in [1.82, 2.24) is 9.97 Å². The minimum absolute atomic E-state index is 0.000622. The molecule has 0 saturated carbocycles. The SMILES string of the molecule is Cc1nc(C)c(C(OC(C)C)OC(C)C)nc1C(OC(C)C)OC(C)C. The second-order valence-electron chi connectivity index (χ2n) is 7.57. The van der Waals surface area contributed by atoms with Crippen LogP contribution in [0.4, 0.5) is 0 Å². The van der Waals surface area contributed by atoms with Gasteiger partial charge < -0.3 is 18.9 Å². The molecule has 0 aromatic carbocycles. The highest BCUT2D eigenvalue weighted by molar-refractivity contribution is 5.21. The van der Waals surface area contributed by atoms with Crippen LogP contribution < -0.4 is 0 Å². The molecule has 0 aliphatic rings. The number of ether oxygens (including phenoxy) is 4. The Labute approximate surface area is 158 Å². The summed E-state index contributed by atoms with van der Waals surface area (Å²) in [6.07, 6.45) is -1.17. The molecule has 0 unspecified atom stereocenters. The van der Waals surface area contributed by atoms with E-state index in [4.69, 9.17) is 23.9 Å². The average Bonchev–Trinajstić information content (AvgIpc) is 2.43. The third kappa shape index (κ3) is 7.27. The lowest BCUT2D eigenvalue weighted by molar-refractivity contribution is -0.193. The highest BCUT2D eigenvalue weighted by Gasteiger charge is 2.27. The van der Waals surface area contributed by atoms with Gasteiger partial charge in [0.05, 0.1) is 35.8 Å². The number of hydrogen-bond acceptors (Lipinski definition) is 6. The van der Waals surface area contributed by atoms with Crippen LogP contribution in [0.5, 0.6) is 0 Å². The van der Waals surface area contributed by atoms with Gasteiger partial charge in [0.2, 0.25) is 12.6 Å². The van der Waals surface area contributed by atoms with Gasteiger partial charge in [0, 0.05) is 0 Å². The van der Waals surface area contributed by atoms with Crippen LogP contribution in [0.15, 0.2) is 0 Å². The number of nitrogens with zero attached hydrogens (tertiary/aromatic N) is 2. The van der Waals surface area contributed by atoms with Crippen LogP contribution in [0, 0.1) is 13.8 Å². The monoisotopic (exact) mass is 368 g/mol. The Kier molecular flexibility index (Phi) is 9.10. The molecule has 0 saturated heterocycles. The molecule has 1 rings (SSSR count). The van der Waals surface area contributed by atoms with Crippen molar-refractivity contribution in [3.63, 3.8) is 0 Å². The summed E-state index contributed by atoms with van der Waals surface area (Å²) in [5, 5.41) is 0. The normalized spacial score (nSPS) is 12.6. The highest BCUT2D eigenvalue weighted by Crippen LogP contribution is 2.28. The van der Waals surface area contributed by atoms with E-state index >= 15 is 0 Å². The first-order chi connectivity index (χ1) is 12.0. The number of hydrogen-bond donors (Lipinski definition) is 0. The van der Waals surface area contributed by atoms with E-state index in [0.29, 0.717) is 11.4 Å². The molecule has 0 aliphatic heterocycles. The summed E-state index contributed by atoms with van der Waals surface area (Å²) in [4.78, 5) is 9.48. The molecule has 26 heavy (non-hydrogen) atoms. The van der Waals surface area contributed by atoms with Gasteiger partial charge in [0.15, 0.2) is 0 Å². The summed E-state index contributed by atoms with van der Waals surface area (Å²) in [7, 11) is 0. The highest BCUT2D eigenvalue weighted by atomic mass is 16.7. The molecule has 0 radical (unpaired) electrons. The zero-order chi connectivity index (χ0) is 20.0. The lowest BCUT2D eigenvalue weighted by atomic mass is 10.2. The van der Waals surface area contributed by atoms with Crippen LogP contribution in [0.2, 0.25) is 0 Å². The second-order valence-corrected chi connectivity index (χ2v) is 7.57. The van der Waals surface area contributed by atoms with Crippen LogP contribution in [0.1, 0.15) is 90.7 Å². The molecule has 6 nitrogen and oxygen atoms in total. The molecular formula is C20H36N2O4. The van der Waals surface area contributed by atoms with E-state index in [1.54, 1.807) is 0 Å². The molecule has 0 amide bonds. The summed E-state index contributed by atoms with van der Waals surface area (Å²) < 4.78 is 23.8. The quantitative estimate of drug-likeness (QED) is 0.553. The van der Waals surface area contributed by atoms with Crippen molar-refractivity contribution < 1.29 is 18.9 Å². The second kappa shape index (κ2) is 10.3. The van der Waals surface area contributed by atoms with Crippen LogP contribution in [-0.4, -0.2) is 34.4 Å². The predicted molar refractivity (Wildman–Crippen MR) is 102 cm³/mol. The first-order valence-corrected chi connectivity index (χ1v) is 9.48.